The molecule has 2 saturated heterocycles. The molecule has 2 aliphatic heterocycles. The molecule has 0 N–H and O–H groups in total. The topological polar surface area (TPSA) is 15.7 Å². The highest BCUT2D eigenvalue weighted by molar-refractivity contribution is 4.88. The predicted octanol–water partition coefficient (Wildman–Crippen LogP) is 2.75. The Morgan fingerprint density at radius 3 is 2.11 bits per heavy atom. The average molecular weight is 268 g/mol. The SMILES string of the molecule is CCN(C1CCN(C2CCOCC2)CC1)C(C)(C)C. The lowest BCUT2D eigenvalue weighted by Gasteiger charge is -2.46. The van der Waals surface area contributed by atoms with Crippen LogP contribution in [-0.2, 0) is 4.74 Å². The van der Waals surface area contributed by atoms with Gasteiger partial charge in [0.05, 0.1) is 0 Å². The highest BCUT2D eigenvalue weighted by atomic mass is 16.5. The first kappa shape index (κ1) is 15.3. The van der Waals surface area contributed by atoms with Crippen LogP contribution in [0.1, 0.15) is 53.4 Å². The first-order valence-corrected chi connectivity index (χ1v) is 8.11. The van der Waals surface area contributed by atoms with Crippen LogP contribution < -0.4 is 0 Å². The fourth-order valence-corrected chi connectivity index (χ4v) is 3.89. The molecule has 0 unspecified atom stereocenters. The minimum Gasteiger partial charge on any atom is -0.381 e. The molecule has 2 heterocycles. The summed E-state index contributed by atoms with van der Waals surface area (Å²) in [5.41, 5.74) is 0.306. The Hall–Kier alpha value is -0.120. The van der Waals surface area contributed by atoms with Gasteiger partial charge in [-0.2, -0.15) is 0 Å². The molecular formula is C16H32N2O. The van der Waals surface area contributed by atoms with Crippen LogP contribution in [0.4, 0.5) is 0 Å². The first-order chi connectivity index (χ1) is 9.02. The van der Waals surface area contributed by atoms with Crippen LogP contribution in [0.3, 0.4) is 0 Å². The van der Waals surface area contributed by atoms with Crippen molar-refractivity contribution >= 4 is 0 Å². The minimum absolute atomic E-state index is 0.306. The van der Waals surface area contributed by atoms with Gasteiger partial charge in [0.2, 0.25) is 0 Å². The van der Waals surface area contributed by atoms with Crippen molar-refractivity contribution in [2.45, 2.75) is 71.0 Å². The third kappa shape index (κ3) is 3.93. The molecule has 0 atom stereocenters. The molecule has 0 radical (unpaired) electrons. The van der Waals surface area contributed by atoms with E-state index in [0.717, 1.165) is 25.3 Å². The second kappa shape index (κ2) is 6.55. The van der Waals surface area contributed by atoms with Crippen molar-refractivity contribution in [3.05, 3.63) is 0 Å². The zero-order valence-corrected chi connectivity index (χ0v) is 13.3. The fraction of sp³-hybridized carbons (Fsp3) is 1.00. The summed E-state index contributed by atoms with van der Waals surface area (Å²) in [7, 11) is 0. The Morgan fingerprint density at radius 1 is 1.05 bits per heavy atom. The van der Waals surface area contributed by atoms with E-state index in [1.807, 2.05) is 0 Å². The van der Waals surface area contributed by atoms with E-state index < -0.39 is 0 Å². The third-order valence-corrected chi connectivity index (χ3v) is 4.85. The number of hydrogen-bond donors (Lipinski definition) is 0. The minimum atomic E-state index is 0.306. The Balaban J connectivity index is 1.84. The van der Waals surface area contributed by atoms with Gasteiger partial charge in [-0.1, -0.05) is 6.92 Å². The predicted molar refractivity (Wildman–Crippen MR) is 80.6 cm³/mol. The fourth-order valence-electron chi connectivity index (χ4n) is 3.89. The summed E-state index contributed by atoms with van der Waals surface area (Å²) in [4.78, 5) is 5.41. The van der Waals surface area contributed by atoms with Gasteiger partial charge in [-0.3, -0.25) is 4.90 Å². The molecule has 2 rings (SSSR count). The molecular weight excluding hydrogens is 236 g/mol. The van der Waals surface area contributed by atoms with E-state index in [4.69, 9.17) is 4.74 Å². The van der Waals surface area contributed by atoms with E-state index in [1.165, 1.54) is 45.3 Å². The van der Waals surface area contributed by atoms with Crippen LogP contribution in [0.2, 0.25) is 0 Å². The number of rotatable bonds is 3. The van der Waals surface area contributed by atoms with Gasteiger partial charge in [-0.15, -0.1) is 0 Å². The summed E-state index contributed by atoms with van der Waals surface area (Å²) in [5.74, 6) is 0. The number of nitrogens with zero attached hydrogens (tertiary/aromatic N) is 2. The van der Waals surface area contributed by atoms with Crippen molar-refractivity contribution in [3.8, 4) is 0 Å². The second-order valence-corrected chi connectivity index (χ2v) is 7.07. The van der Waals surface area contributed by atoms with E-state index in [-0.39, 0.29) is 0 Å². The van der Waals surface area contributed by atoms with Crippen LogP contribution in [0.15, 0.2) is 0 Å². The Labute approximate surface area is 119 Å². The van der Waals surface area contributed by atoms with Crippen LogP contribution in [-0.4, -0.2) is 60.3 Å². The molecule has 0 aromatic heterocycles. The van der Waals surface area contributed by atoms with Crippen molar-refractivity contribution in [3.63, 3.8) is 0 Å². The maximum absolute atomic E-state index is 5.48. The molecule has 2 fully saturated rings. The molecule has 2 aliphatic rings. The molecule has 0 spiro atoms. The Bertz CT molecular complexity index is 260. The van der Waals surface area contributed by atoms with E-state index in [2.05, 4.69) is 37.5 Å². The van der Waals surface area contributed by atoms with Gasteiger partial charge in [-0.25, -0.2) is 0 Å². The van der Waals surface area contributed by atoms with Crippen LogP contribution in [0.25, 0.3) is 0 Å². The molecule has 0 aromatic rings. The lowest BCUT2D eigenvalue weighted by atomic mass is 9.94. The van der Waals surface area contributed by atoms with Crippen LogP contribution >= 0.6 is 0 Å². The Kier molecular flexibility index (Phi) is 5.27. The zero-order valence-electron chi connectivity index (χ0n) is 13.3. The first-order valence-electron chi connectivity index (χ1n) is 8.11. The van der Waals surface area contributed by atoms with Gasteiger partial charge in [0.1, 0.15) is 0 Å². The molecule has 0 aromatic carbocycles. The van der Waals surface area contributed by atoms with E-state index in [9.17, 15) is 0 Å². The number of hydrogen-bond acceptors (Lipinski definition) is 3. The summed E-state index contributed by atoms with van der Waals surface area (Å²) in [6, 6.07) is 1.57. The summed E-state index contributed by atoms with van der Waals surface area (Å²) < 4.78 is 5.48. The van der Waals surface area contributed by atoms with E-state index >= 15 is 0 Å². The molecule has 3 nitrogen and oxygen atoms in total. The number of ether oxygens (including phenoxy) is 1. The number of likely N-dealkylation sites (tertiary alicyclic amines) is 1. The summed E-state index contributed by atoms with van der Waals surface area (Å²) in [6.45, 7) is 15.0. The average Bonchev–Trinajstić information content (AvgIpc) is 2.40. The highest BCUT2D eigenvalue weighted by Crippen LogP contribution is 2.26. The van der Waals surface area contributed by atoms with Crippen LogP contribution in [0.5, 0.6) is 0 Å². The normalized spacial score (nSPS) is 25.1. The van der Waals surface area contributed by atoms with Crippen molar-refractivity contribution in [1.29, 1.82) is 0 Å². The largest absolute Gasteiger partial charge is 0.381 e. The number of piperidine rings is 1. The molecule has 19 heavy (non-hydrogen) atoms. The van der Waals surface area contributed by atoms with E-state index in [0.29, 0.717) is 5.54 Å². The molecule has 112 valence electrons. The monoisotopic (exact) mass is 268 g/mol. The zero-order chi connectivity index (χ0) is 13.9. The molecule has 3 heteroatoms. The van der Waals surface area contributed by atoms with Gasteiger partial charge in [0.25, 0.3) is 0 Å². The van der Waals surface area contributed by atoms with Crippen molar-refractivity contribution in [2.24, 2.45) is 0 Å². The van der Waals surface area contributed by atoms with Gasteiger partial charge < -0.3 is 9.64 Å². The van der Waals surface area contributed by atoms with Crippen LogP contribution in [0, 0.1) is 0 Å². The summed E-state index contributed by atoms with van der Waals surface area (Å²) in [5, 5.41) is 0. The van der Waals surface area contributed by atoms with Gasteiger partial charge >= 0.3 is 0 Å². The lowest BCUT2D eigenvalue weighted by molar-refractivity contribution is -0.000686. The molecule has 0 amide bonds. The standard InChI is InChI=1S/C16H32N2O/c1-5-18(16(2,3)4)15-6-10-17(11-7-15)14-8-12-19-13-9-14/h14-15H,5-13H2,1-4H3. The quantitative estimate of drug-likeness (QED) is 0.783. The van der Waals surface area contributed by atoms with Crippen molar-refractivity contribution in [2.75, 3.05) is 32.8 Å². The van der Waals surface area contributed by atoms with E-state index in [1.54, 1.807) is 0 Å². The highest BCUT2D eigenvalue weighted by Gasteiger charge is 2.32. The smallest absolute Gasteiger partial charge is 0.0480 e. The summed E-state index contributed by atoms with van der Waals surface area (Å²) >= 11 is 0. The second-order valence-electron chi connectivity index (χ2n) is 7.07. The molecule has 0 aliphatic carbocycles. The molecule has 0 bridgehead atoms. The van der Waals surface area contributed by atoms with Crippen molar-refractivity contribution < 1.29 is 4.74 Å². The maximum atomic E-state index is 5.48. The maximum Gasteiger partial charge on any atom is 0.0480 e. The third-order valence-electron chi connectivity index (χ3n) is 4.85. The molecule has 0 saturated carbocycles. The lowest BCUT2D eigenvalue weighted by Crippen LogP contribution is -2.54. The van der Waals surface area contributed by atoms with Crippen molar-refractivity contribution in [1.82, 2.24) is 9.80 Å². The van der Waals surface area contributed by atoms with Gasteiger partial charge in [0.15, 0.2) is 0 Å². The Morgan fingerprint density at radius 2 is 1.63 bits per heavy atom. The van der Waals surface area contributed by atoms with Gasteiger partial charge in [-0.05, 0) is 66.1 Å². The van der Waals surface area contributed by atoms with Gasteiger partial charge in [0, 0.05) is 30.8 Å². The summed E-state index contributed by atoms with van der Waals surface area (Å²) in [6.07, 6.45) is 5.15.